The number of aliphatic hydroxyl groups is 1. The first-order chi connectivity index (χ1) is 7.19. The average Bonchev–Trinajstić information content (AvgIpc) is 2.26. The zero-order valence-electron chi connectivity index (χ0n) is 8.01. The van der Waals surface area contributed by atoms with Gasteiger partial charge in [-0.05, 0) is 18.9 Å². The SMILES string of the molecule is N#Cc1ccc(CCCO)c([N+](=O)[O-])c1. The second kappa shape index (κ2) is 5.08. The lowest BCUT2D eigenvalue weighted by atomic mass is 10.1. The van der Waals surface area contributed by atoms with Gasteiger partial charge >= 0.3 is 0 Å². The summed E-state index contributed by atoms with van der Waals surface area (Å²) in [4.78, 5) is 10.2. The van der Waals surface area contributed by atoms with Crippen molar-refractivity contribution < 1.29 is 10.0 Å². The van der Waals surface area contributed by atoms with Crippen molar-refractivity contribution in [2.45, 2.75) is 12.8 Å². The van der Waals surface area contributed by atoms with Crippen LogP contribution in [-0.2, 0) is 6.42 Å². The molecule has 1 aromatic carbocycles. The predicted molar refractivity (Wildman–Crippen MR) is 53.2 cm³/mol. The molecule has 5 nitrogen and oxygen atoms in total. The number of benzene rings is 1. The third kappa shape index (κ3) is 2.76. The zero-order valence-corrected chi connectivity index (χ0v) is 8.01. The lowest BCUT2D eigenvalue weighted by Crippen LogP contribution is -1.97. The summed E-state index contributed by atoms with van der Waals surface area (Å²) in [5, 5.41) is 27.9. The average molecular weight is 206 g/mol. The number of nitro groups is 1. The molecule has 0 aliphatic heterocycles. The number of nitrogens with zero attached hydrogens (tertiary/aromatic N) is 2. The van der Waals surface area contributed by atoms with E-state index in [1.807, 2.05) is 6.07 Å². The summed E-state index contributed by atoms with van der Waals surface area (Å²) in [6.45, 7) is -0.00282. The van der Waals surface area contributed by atoms with Crippen LogP contribution in [0.25, 0.3) is 0 Å². The Morgan fingerprint density at radius 3 is 2.80 bits per heavy atom. The summed E-state index contributed by atoms with van der Waals surface area (Å²) in [6, 6.07) is 6.21. The highest BCUT2D eigenvalue weighted by Gasteiger charge is 2.13. The molecule has 78 valence electrons. The number of nitriles is 1. The van der Waals surface area contributed by atoms with Gasteiger partial charge in [-0.2, -0.15) is 5.26 Å². The molecule has 0 aromatic heterocycles. The van der Waals surface area contributed by atoms with Crippen LogP contribution in [-0.4, -0.2) is 16.6 Å². The van der Waals surface area contributed by atoms with E-state index >= 15 is 0 Å². The molecule has 15 heavy (non-hydrogen) atoms. The molecule has 0 atom stereocenters. The monoisotopic (exact) mass is 206 g/mol. The first kappa shape index (κ1) is 11.1. The van der Waals surface area contributed by atoms with E-state index in [0.29, 0.717) is 18.4 Å². The standard InChI is InChI=1S/C10H10N2O3/c11-7-8-3-4-9(2-1-5-13)10(6-8)12(14)15/h3-4,6,13H,1-2,5H2. The van der Waals surface area contributed by atoms with Crippen molar-refractivity contribution in [1.29, 1.82) is 5.26 Å². The molecule has 0 fully saturated rings. The Morgan fingerprint density at radius 2 is 2.27 bits per heavy atom. The summed E-state index contributed by atoms with van der Waals surface area (Å²) >= 11 is 0. The molecule has 5 heteroatoms. The summed E-state index contributed by atoms with van der Waals surface area (Å²) in [5.41, 5.74) is 0.769. The predicted octanol–water partition coefficient (Wildman–Crippen LogP) is 1.39. The van der Waals surface area contributed by atoms with Crippen LogP contribution in [0.5, 0.6) is 0 Å². The van der Waals surface area contributed by atoms with Crippen molar-refractivity contribution in [3.8, 4) is 6.07 Å². The van der Waals surface area contributed by atoms with Gasteiger partial charge in [-0.1, -0.05) is 6.07 Å². The first-order valence-electron chi connectivity index (χ1n) is 4.47. The van der Waals surface area contributed by atoms with Crippen LogP contribution < -0.4 is 0 Å². The van der Waals surface area contributed by atoms with Gasteiger partial charge in [-0.15, -0.1) is 0 Å². The van der Waals surface area contributed by atoms with Crippen LogP contribution in [0.15, 0.2) is 18.2 Å². The molecule has 1 N–H and O–H groups in total. The van der Waals surface area contributed by atoms with Gasteiger partial charge in [0.1, 0.15) is 0 Å². The molecule has 0 spiro atoms. The van der Waals surface area contributed by atoms with E-state index in [9.17, 15) is 10.1 Å². The zero-order chi connectivity index (χ0) is 11.3. The molecule has 0 radical (unpaired) electrons. The van der Waals surface area contributed by atoms with E-state index in [4.69, 9.17) is 10.4 Å². The number of rotatable bonds is 4. The summed E-state index contributed by atoms with van der Waals surface area (Å²) < 4.78 is 0. The Bertz CT molecular complexity index is 410. The molecule has 0 aliphatic carbocycles. The van der Waals surface area contributed by atoms with Gasteiger partial charge in [-0.3, -0.25) is 10.1 Å². The van der Waals surface area contributed by atoms with Gasteiger partial charge in [0, 0.05) is 18.2 Å². The quantitative estimate of drug-likeness (QED) is 0.595. The fourth-order valence-electron chi connectivity index (χ4n) is 1.28. The number of nitro benzene ring substituents is 1. The van der Waals surface area contributed by atoms with Crippen molar-refractivity contribution >= 4 is 5.69 Å². The van der Waals surface area contributed by atoms with Crippen molar-refractivity contribution in [2.24, 2.45) is 0 Å². The van der Waals surface area contributed by atoms with Gasteiger partial charge in [0.2, 0.25) is 0 Å². The number of hydrogen-bond donors (Lipinski definition) is 1. The third-order valence-corrected chi connectivity index (χ3v) is 2.02. The Hall–Kier alpha value is -1.93. The molecular weight excluding hydrogens is 196 g/mol. The van der Waals surface area contributed by atoms with Gasteiger partial charge in [-0.25, -0.2) is 0 Å². The molecule has 1 rings (SSSR count). The van der Waals surface area contributed by atoms with Crippen LogP contribution in [0, 0.1) is 21.4 Å². The van der Waals surface area contributed by atoms with Crippen LogP contribution in [0.1, 0.15) is 17.5 Å². The third-order valence-electron chi connectivity index (χ3n) is 2.02. The first-order valence-corrected chi connectivity index (χ1v) is 4.47. The van der Waals surface area contributed by atoms with Gasteiger partial charge in [0.15, 0.2) is 0 Å². The fourth-order valence-corrected chi connectivity index (χ4v) is 1.28. The minimum atomic E-state index is -0.506. The van der Waals surface area contributed by atoms with Gasteiger partial charge < -0.3 is 5.11 Å². The molecule has 0 saturated heterocycles. The maximum atomic E-state index is 10.7. The van der Waals surface area contributed by atoms with E-state index in [2.05, 4.69) is 0 Å². The van der Waals surface area contributed by atoms with Crippen molar-refractivity contribution in [3.05, 3.63) is 39.4 Å². The maximum Gasteiger partial charge on any atom is 0.273 e. The molecule has 0 unspecified atom stereocenters. The number of aryl methyl sites for hydroxylation is 1. The van der Waals surface area contributed by atoms with Crippen molar-refractivity contribution in [3.63, 3.8) is 0 Å². The van der Waals surface area contributed by atoms with Crippen LogP contribution in [0.3, 0.4) is 0 Å². The molecular formula is C10H10N2O3. The Balaban J connectivity index is 3.05. The highest BCUT2D eigenvalue weighted by Crippen LogP contribution is 2.21. The molecule has 1 aromatic rings. The second-order valence-electron chi connectivity index (χ2n) is 3.04. The highest BCUT2D eigenvalue weighted by molar-refractivity contribution is 5.47. The Morgan fingerprint density at radius 1 is 1.53 bits per heavy atom. The topological polar surface area (TPSA) is 87.2 Å². The lowest BCUT2D eigenvalue weighted by molar-refractivity contribution is -0.385. The van der Waals surface area contributed by atoms with Crippen molar-refractivity contribution in [1.82, 2.24) is 0 Å². The molecule has 0 bridgehead atoms. The van der Waals surface area contributed by atoms with E-state index in [1.165, 1.54) is 6.07 Å². The molecule has 0 saturated carbocycles. The van der Waals surface area contributed by atoms with Crippen molar-refractivity contribution in [2.75, 3.05) is 6.61 Å². The summed E-state index contributed by atoms with van der Waals surface area (Å²) in [7, 11) is 0. The minimum absolute atomic E-state index is 0.00282. The van der Waals surface area contributed by atoms with E-state index in [-0.39, 0.29) is 17.9 Å². The van der Waals surface area contributed by atoms with E-state index in [1.54, 1.807) is 12.1 Å². The van der Waals surface area contributed by atoms with Crippen LogP contribution in [0.2, 0.25) is 0 Å². The maximum absolute atomic E-state index is 10.7. The van der Waals surface area contributed by atoms with E-state index in [0.717, 1.165) is 0 Å². The largest absolute Gasteiger partial charge is 0.396 e. The van der Waals surface area contributed by atoms with E-state index < -0.39 is 4.92 Å². The number of hydrogen-bond acceptors (Lipinski definition) is 4. The van der Waals surface area contributed by atoms with Crippen LogP contribution in [0.4, 0.5) is 5.69 Å². The normalized spacial score (nSPS) is 9.60. The van der Waals surface area contributed by atoms with Gasteiger partial charge in [0.05, 0.1) is 16.6 Å². The van der Waals surface area contributed by atoms with Gasteiger partial charge in [0.25, 0.3) is 5.69 Å². The smallest absolute Gasteiger partial charge is 0.273 e. The Kier molecular flexibility index (Phi) is 3.77. The van der Waals surface area contributed by atoms with Crippen LogP contribution >= 0.6 is 0 Å². The lowest BCUT2D eigenvalue weighted by Gasteiger charge is -2.01. The molecule has 0 heterocycles. The molecule has 0 amide bonds. The summed E-state index contributed by atoms with van der Waals surface area (Å²) in [6.07, 6.45) is 0.922. The Labute approximate surface area is 86.7 Å². The highest BCUT2D eigenvalue weighted by atomic mass is 16.6. The second-order valence-corrected chi connectivity index (χ2v) is 3.04. The number of aliphatic hydroxyl groups excluding tert-OH is 1. The fraction of sp³-hybridized carbons (Fsp3) is 0.300. The minimum Gasteiger partial charge on any atom is -0.396 e. The molecule has 0 aliphatic rings. The summed E-state index contributed by atoms with van der Waals surface area (Å²) in [5.74, 6) is 0.